The number of nitrogens with zero attached hydrogens (tertiary/aromatic N) is 5. The molecule has 7 heteroatoms. The number of hydrogen-bond acceptors (Lipinski definition) is 5. The molecule has 4 aromatic rings. The topological polar surface area (TPSA) is 65.6 Å². The molecule has 6 nitrogen and oxygen atoms in total. The van der Waals surface area contributed by atoms with Crippen LogP contribution in [0.25, 0.3) is 16.7 Å². The van der Waals surface area contributed by atoms with Crippen molar-refractivity contribution in [2.75, 3.05) is 0 Å². The molecular weight excluding hydrogens is 346 g/mol. The van der Waals surface area contributed by atoms with E-state index < -0.39 is 0 Å². The normalized spacial score (nSPS) is 11.5. The zero-order valence-electron chi connectivity index (χ0n) is 14.9. The van der Waals surface area contributed by atoms with Crippen molar-refractivity contribution in [1.29, 1.82) is 0 Å². The second kappa shape index (κ2) is 6.49. The van der Waals surface area contributed by atoms with Crippen molar-refractivity contribution in [3.8, 4) is 5.69 Å². The Bertz CT molecular complexity index is 1140. The van der Waals surface area contributed by atoms with Gasteiger partial charge in [0.15, 0.2) is 5.65 Å². The molecule has 0 atom stereocenters. The number of rotatable bonds is 4. The zero-order chi connectivity index (χ0) is 18.3. The molecule has 0 N–H and O–H groups in total. The van der Waals surface area contributed by atoms with Crippen LogP contribution in [0.5, 0.6) is 0 Å². The Hall–Kier alpha value is -2.80. The largest absolute Gasteiger partial charge is 0.292 e. The van der Waals surface area contributed by atoms with Gasteiger partial charge in [-0.1, -0.05) is 32.0 Å². The fourth-order valence-electron chi connectivity index (χ4n) is 2.87. The van der Waals surface area contributed by atoms with E-state index in [1.165, 1.54) is 0 Å². The monoisotopic (exact) mass is 365 g/mol. The molecule has 0 aliphatic rings. The summed E-state index contributed by atoms with van der Waals surface area (Å²) in [5, 5.41) is 7.98. The van der Waals surface area contributed by atoms with Crippen molar-refractivity contribution in [1.82, 2.24) is 24.3 Å². The van der Waals surface area contributed by atoms with Gasteiger partial charge in [0.2, 0.25) is 0 Å². The molecule has 132 valence electrons. The number of aryl methyl sites for hydroxylation is 1. The minimum atomic E-state index is -0.103. The summed E-state index contributed by atoms with van der Waals surface area (Å²) in [7, 11) is 0. The quantitative estimate of drug-likeness (QED) is 0.555. The van der Waals surface area contributed by atoms with Crippen molar-refractivity contribution < 1.29 is 0 Å². The Labute approximate surface area is 154 Å². The van der Waals surface area contributed by atoms with Crippen LogP contribution in [0.3, 0.4) is 0 Å². The maximum atomic E-state index is 12.8. The second-order valence-electron chi connectivity index (χ2n) is 6.59. The first kappa shape index (κ1) is 16.7. The molecule has 4 rings (SSSR count). The zero-order valence-corrected chi connectivity index (χ0v) is 15.7. The van der Waals surface area contributed by atoms with E-state index in [0.29, 0.717) is 23.5 Å². The highest BCUT2D eigenvalue weighted by Crippen LogP contribution is 2.20. The lowest BCUT2D eigenvalue weighted by Crippen LogP contribution is -2.21. The summed E-state index contributed by atoms with van der Waals surface area (Å²) < 4.78 is 3.31. The summed E-state index contributed by atoms with van der Waals surface area (Å²) in [4.78, 5) is 21.9. The second-order valence-corrected chi connectivity index (χ2v) is 7.48. The number of fused-ring (bicyclic) bond motifs is 1. The Balaban J connectivity index is 1.74. The molecule has 26 heavy (non-hydrogen) atoms. The fourth-order valence-corrected chi connectivity index (χ4v) is 3.70. The van der Waals surface area contributed by atoms with Crippen LogP contribution in [0, 0.1) is 6.92 Å². The Morgan fingerprint density at radius 1 is 1.23 bits per heavy atom. The minimum Gasteiger partial charge on any atom is -0.292 e. The third kappa shape index (κ3) is 2.84. The van der Waals surface area contributed by atoms with Gasteiger partial charge in [-0.25, -0.2) is 14.6 Å². The summed E-state index contributed by atoms with van der Waals surface area (Å²) in [5.74, 6) is 0.387. The molecule has 0 saturated carbocycles. The molecule has 3 heterocycles. The third-order valence-electron chi connectivity index (χ3n) is 4.29. The lowest BCUT2D eigenvalue weighted by molar-refractivity contribution is 0.723. The molecule has 3 aromatic heterocycles. The smallest absolute Gasteiger partial charge is 0.264 e. The van der Waals surface area contributed by atoms with Crippen molar-refractivity contribution in [2.45, 2.75) is 33.2 Å². The number of benzene rings is 1. The summed E-state index contributed by atoms with van der Waals surface area (Å²) in [6, 6.07) is 7.91. The van der Waals surface area contributed by atoms with E-state index in [2.05, 4.69) is 28.9 Å². The molecular formula is C19H19N5OS. The molecule has 0 bridgehead atoms. The van der Waals surface area contributed by atoms with Crippen molar-refractivity contribution in [3.05, 3.63) is 68.8 Å². The first-order chi connectivity index (χ1) is 12.5. The summed E-state index contributed by atoms with van der Waals surface area (Å²) in [5.41, 5.74) is 3.35. The highest BCUT2D eigenvalue weighted by molar-refractivity contribution is 7.09. The lowest BCUT2D eigenvalue weighted by atomic mass is 10.2. The summed E-state index contributed by atoms with van der Waals surface area (Å²) >= 11 is 1.63. The van der Waals surface area contributed by atoms with Gasteiger partial charge in [0.05, 0.1) is 29.1 Å². The van der Waals surface area contributed by atoms with Gasteiger partial charge in [0.1, 0.15) is 11.7 Å². The van der Waals surface area contributed by atoms with Crippen LogP contribution < -0.4 is 5.56 Å². The van der Waals surface area contributed by atoms with E-state index >= 15 is 0 Å². The predicted molar refractivity (Wildman–Crippen MR) is 103 cm³/mol. The number of para-hydroxylation sites is 1. The molecule has 0 radical (unpaired) electrons. The van der Waals surface area contributed by atoms with E-state index in [0.717, 1.165) is 22.0 Å². The van der Waals surface area contributed by atoms with Gasteiger partial charge in [-0.15, -0.1) is 11.3 Å². The van der Waals surface area contributed by atoms with Gasteiger partial charge >= 0.3 is 0 Å². The van der Waals surface area contributed by atoms with Crippen LogP contribution in [0.15, 0.2) is 47.0 Å². The van der Waals surface area contributed by atoms with Crippen molar-refractivity contribution in [3.63, 3.8) is 0 Å². The van der Waals surface area contributed by atoms with Gasteiger partial charge in [0.25, 0.3) is 5.56 Å². The van der Waals surface area contributed by atoms with Crippen LogP contribution in [0.2, 0.25) is 0 Å². The maximum Gasteiger partial charge on any atom is 0.264 e. The van der Waals surface area contributed by atoms with Gasteiger partial charge in [-0.3, -0.25) is 9.36 Å². The molecule has 0 aliphatic heterocycles. The third-order valence-corrected chi connectivity index (χ3v) is 5.49. The van der Waals surface area contributed by atoms with Crippen LogP contribution in [0.1, 0.15) is 36.0 Å². The first-order valence-corrected chi connectivity index (χ1v) is 9.36. The van der Waals surface area contributed by atoms with Gasteiger partial charge < -0.3 is 0 Å². The van der Waals surface area contributed by atoms with Crippen LogP contribution >= 0.6 is 11.3 Å². The Morgan fingerprint density at radius 3 is 2.77 bits per heavy atom. The van der Waals surface area contributed by atoms with Gasteiger partial charge in [-0.2, -0.15) is 5.10 Å². The van der Waals surface area contributed by atoms with E-state index in [1.54, 1.807) is 33.1 Å². The SMILES string of the molecule is Cc1ccccc1-n1ncc2c(=O)n(Cc3csc(C(C)C)n3)cnc21. The van der Waals surface area contributed by atoms with Crippen molar-refractivity contribution >= 4 is 22.4 Å². The average Bonchev–Trinajstić information content (AvgIpc) is 3.25. The lowest BCUT2D eigenvalue weighted by Gasteiger charge is -2.07. The van der Waals surface area contributed by atoms with E-state index in [9.17, 15) is 4.79 Å². The van der Waals surface area contributed by atoms with E-state index in [1.807, 2.05) is 36.6 Å². The van der Waals surface area contributed by atoms with Crippen LogP contribution in [0.4, 0.5) is 0 Å². The van der Waals surface area contributed by atoms with Gasteiger partial charge in [-0.05, 0) is 18.6 Å². The van der Waals surface area contributed by atoms with Gasteiger partial charge in [0, 0.05) is 11.3 Å². The summed E-state index contributed by atoms with van der Waals surface area (Å²) in [6.07, 6.45) is 3.17. The Kier molecular flexibility index (Phi) is 4.16. The number of hydrogen-bond donors (Lipinski definition) is 0. The Morgan fingerprint density at radius 2 is 2.04 bits per heavy atom. The standard InChI is InChI=1S/C19H19N5OS/c1-12(2)18-22-14(10-26-18)9-23-11-20-17-15(19(23)25)8-21-24(17)16-7-5-4-6-13(16)3/h4-8,10-12H,9H2,1-3H3. The first-order valence-electron chi connectivity index (χ1n) is 8.48. The highest BCUT2D eigenvalue weighted by Gasteiger charge is 2.14. The molecule has 0 unspecified atom stereocenters. The van der Waals surface area contributed by atoms with Crippen LogP contribution in [-0.4, -0.2) is 24.3 Å². The average molecular weight is 365 g/mol. The highest BCUT2D eigenvalue weighted by atomic mass is 32.1. The van der Waals surface area contributed by atoms with E-state index in [4.69, 9.17) is 0 Å². The number of aromatic nitrogens is 5. The molecule has 0 amide bonds. The molecule has 0 fully saturated rings. The summed E-state index contributed by atoms with van der Waals surface area (Å²) in [6.45, 7) is 6.66. The molecule has 1 aromatic carbocycles. The number of thiazole rings is 1. The predicted octanol–water partition coefficient (Wildman–Crippen LogP) is 3.52. The van der Waals surface area contributed by atoms with Crippen molar-refractivity contribution in [2.24, 2.45) is 0 Å². The molecule has 0 saturated heterocycles. The fraction of sp³-hybridized carbons (Fsp3) is 0.263. The van der Waals surface area contributed by atoms with Crippen LogP contribution in [-0.2, 0) is 6.54 Å². The minimum absolute atomic E-state index is 0.103. The maximum absolute atomic E-state index is 12.8. The molecule has 0 spiro atoms. The van der Waals surface area contributed by atoms with E-state index in [-0.39, 0.29) is 5.56 Å². The molecule has 0 aliphatic carbocycles.